The lowest BCUT2D eigenvalue weighted by Gasteiger charge is -2.23. The van der Waals surface area contributed by atoms with Gasteiger partial charge in [-0.25, -0.2) is 0 Å². The number of nitriles is 1. The first-order valence-corrected chi connectivity index (χ1v) is 3.24. The molecule has 4 N–H and O–H groups in total. The Morgan fingerprint density at radius 1 is 1.36 bits per heavy atom. The monoisotopic (exact) mass is 160 g/mol. The van der Waals surface area contributed by atoms with Crippen molar-refractivity contribution in [2.24, 2.45) is 0 Å². The Balaban J connectivity index is 3.62. The van der Waals surface area contributed by atoms with Crippen molar-refractivity contribution < 1.29 is 15.3 Å². The minimum atomic E-state index is -1.66. The van der Waals surface area contributed by atoms with Gasteiger partial charge in [0.25, 0.3) is 0 Å². The number of hydrogen-bond acceptors (Lipinski definition) is 5. The van der Waals surface area contributed by atoms with Crippen LogP contribution in [0.4, 0.5) is 0 Å². The maximum absolute atomic E-state index is 9.13. The summed E-state index contributed by atoms with van der Waals surface area (Å²) in [6.07, 6.45) is 0.225. The van der Waals surface area contributed by atoms with Crippen molar-refractivity contribution in [2.75, 3.05) is 19.8 Å². The molecule has 0 aromatic heterocycles. The molecule has 0 fully saturated rings. The van der Waals surface area contributed by atoms with Gasteiger partial charge in [-0.2, -0.15) is 5.26 Å². The highest BCUT2D eigenvalue weighted by Gasteiger charge is 2.22. The van der Waals surface area contributed by atoms with Crippen LogP contribution in [0.3, 0.4) is 0 Å². The fraction of sp³-hybridized carbons (Fsp3) is 0.833. The normalized spacial score (nSPS) is 11.1. The zero-order chi connectivity index (χ0) is 8.74. The number of aliphatic hydroxyl groups excluding tert-OH is 2. The molecular weight excluding hydrogens is 148 g/mol. The van der Waals surface area contributed by atoms with Crippen LogP contribution in [0.15, 0.2) is 0 Å². The molecule has 0 aromatic carbocycles. The van der Waals surface area contributed by atoms with Gasteiger partial charge in [0.2, 0.25) is 0 Å². The van der Waals surface area contributed by atoms with Crippen LogP contribution in [0.5, 0.6) is 0 Å². The summed E-state index contributed by atoms with van der Waals surface area (Å²) in [5.74, 6) is 0. The number of nitrogens with one attached hydrogen (secondary N) is 1. The van der Waals surface area contributed by atoms with Crippen molar-refractivity contribution >= 4 is 0 Å². The highest BCUT2D eigenvalue weighted by Crippen LogP contribution is 1.95. The lowest BCUT2D eigenvalue weighted by Crippen LogP contribution is -2.51. The molecule has 0 unspecified atom stereocenters. The van der Waals surface area contributed by atoms with E-state index < -0.39 is 18.9 Å². The zero-order valence-electron chi connectivity index (χ0n) is 6.12. The van der Waals surface area contributed by atoms with Crippen LogP contribution in [0.2, 0.25) is 0 Å². The minimum absolute atomic E-state index is 0.225. The van der Waals surface area contributed by atoms with Gasteiger partial charge in [0, 0.05) is 13.0 Å². The van der Waals surface area contributed by atoms with E-state index in [9.17, 15) is 0 Å². The van der Waals surface area contributed by atoms with Crippen molar-refractivity contribution in [2.45, 2.75) is 12.1 Å². The second-order valence-electron chi connectivity index (χ2n) is 2.18. The average molecular weight is 160 g/mol. The summed E-state index contributed by atoms with van der Waals surface area (Å²) in [6.45, 7) is -0.905. The van der Waals surface area contributed by atoms with Gasteiger partial charge in [-0.05, 0) is 0 Å². The van der Waals surface area contributed by atoms with Crippen LogP contribution in [0.25, 0.3) is 0 Å². The predicted octanol–water partition coefficient (Wildman–Crippen LogP) is -1.84. The van der Waals surface area contributed by atoms with Gasteiger partial charge in [0.1, 0.15) is 0 Å². The van der Waals surface area contributed by atoms with Crippen molar-refractivity contribution in [1.82, 2.24) is 5.32 Å². The van der Waals surface area contributed by atoms with E-state index in [1.54, 1.807) is 0 Å². The molecule has 0 spiro atoms. The Morgan fingerprint density at radius 2 is 1.91 bits per heavy atom. The molecule has 0 rings (SSSR count). The van der Waals surface area contributed by atoms with E-state index in [0.29, 0.717) is 0 Å². The van der Waals surface area contributed by atoms with Gasteiger partial charge in [-0.3, -0.25) is 5.32 Å². The highest BCUT2D eigenvalue weighted by molar-refractivity contribution is 4.77. The molecule has 0 aromatic rings. The van der Waals surface area contributed by atoms with Crippen LogP contribution in [-0.2, 0) is 0 Å². The largest absolute Gasteiger partial charge is 0.392 e. The molecule has 11 heavy (non-hydrogen) atoms. The maximum Gasteiger partial charge on any atom is 0.162 e. The summed E-state index contributed by atoms with van der Waals surface area (Å²) in [6, 6.07) is 1.85. The first-order chi connectivity index (χ1) is 5.18. The van der Waals surface area contributed by atoms with Crippen LogP contribution >= 0.6 is 0 Å². The summed E-state index contributed by atoms with van der Waals surface area (Å²) in [5, 5.41) is 36.7. The number of hydrogen-bond donors (Lipinski definition) is 4. The summed E-state index contributed by atoms with van der Waals surface area (Å²) >= 11 is 0. The SMILES string of the molecule is N#CCCNC(O)(CO)CO. The third kappa shape index (κ3) is 3.91. The molecule has 0 bridgehead atoms. The first kappa shape index (κ1) is 10.3. The maximum atomic E-state index is 9.13. The van der Waals surface area contributed by atoms with E-state index in [0.717, 1.165) is 0 Å². The molecular formula is C6H12N2O3. The lowest BCUT2D eigenvalue weighted by atomic mass is 10.2. The van der Waals surface area contributed by atoms with Crippen molar-refractivity contribution in [1.29, 1.82) is 5.26 Å². The molecule has 0 heterocycles. The Kier molecular flexibility index (Phi) is 4.74. The summed E-state index contributed by atoms with van der Waals surface area (Å²) in [4.78, 5) is 0. The summed E-state index contributed by atoms with van der Waals surface area (Å²) in [5.41, 5.74) is -1.66. The number of aliphatic hydroxyl groups is 3. The molecule has 0 saturated heterocycles. The third-order valence-corrected chi connectivity index (χ3v) is 1.21. The van der Waals surface area contributed by atoms with Gasteiger partial charge in [0.15, 0.2) is 5.72 Å². The molecule has 5 nitrogen and oxygen atoms in total. The second kappa shape index (κ2) is 5.04. The van der Waals surface area contributed by atoms with Crippen LogP contribution in [0.1, 0.15) is 6.42 Å². The lowest BCUT2D eigenvalue weighted by molar-refractivity contribution is -0.0787. The second-order valence-corrected chi connectivity index (χ2v) is 2.18. The molecule has 0 amide bonds. The zero-order valence-corrected chi connectivity index (χ0v) is 6.12. The van der Waals surface area contributed by atoms with Gasteiger partial charge in [-0.15, -0.1) is 0 Å². The van der Waals surface area contributed by atoms with E-state index in [1.165, 1.54) is 0 Å². The Morgan fingerprint density at radius 3 is 2.27 bits per heavy atom. The van der Waals surface area contributed by atoms with Crippen LogP contribution in [0, 0.1) is 11.3 Å². The van der Waals surface area contributed by atoms with Crippen LogP contribution in [-0.4, -0.2) is 40.8 Å². The van der Waals surface area contributed by atoms with E-state index in [2.05, 4.69) is 5.32 Å². The quantitative estimate of drug-likeness (QED) is 0.280. The number of rotatable bonds is 5. The fourth-order valence-electron chi connectivity index (χ4n) is 0.513. The van der Waals surface area contributed by atoms with Crippen molar-refractivity contribution in [3.8, 4) is 6.07 Å². The standard InChI is InChI=1S/C6H12N2O3/c7-2-1-3-8-6(11,4-9)5-10/h8-11H,1,3-5H2. The van der Waals surface area contributed by atoms with Crippen LogP contribution < -0.4 is 5.32 Å². The Bertz CT molecular complexity index is 139. The summed E-state index contributed by atoms with van der Waals surface area (Å²) in [7, 11) is 0. The molecule has 5 heteroatoms. The van der Waals surface area contributed by atoms with E-state index in [-0.39, 0.29) is 13.0 Å². The highest BCUT2D eigenvalue weighted by atomic mass is 16.4. The minimum Gasteiger partial charge on any atom is -0.392 e. The van der Waals surface area contributed by atoms with Gasteiger partial charge in [-0.1, -0.05) is 0 Å². The van der Waals surface area contributed by atoms with Gasteiger partial charge < -0.3 is 15.3 Å². The van der Waals surface area contributed by atoms with E-state index in [1.807, 2.05) is 6.07 Å². The Labute approximate surface area is 64.9 Å². The van der Waals surface area contributed by atoms with Crippen molar-refractivity contribution in [3.63, 3.8) is 0 Å². The molecule has 64 valence electrons. The summed E-state index contributed by atoms with van der Waals surface area (Å²) < 4.78 is 0. The average Bonchev–Trinajstić information content (AvgIpc) is 2.05. The molecule has 0 atom stereocenters. The van der Waals surface area contributed by atoms with Crippen molar-refractivity contribution in [3.05, 3.63) is 0 Å². The predicted molar refractivity (Wildman–Crippen MR) is 37.4 cm³/mol. The first-order valence-electron chi connectivity index (χ1n) is 3.24. The van der Waals surface area contributed by atoms with Gasteiger partial charge in [0.05, 0.1) is 19.3 Å². The van der Waals surface area contributed by atoms with E-state index >= 15 is 0 Å². The molecule has 0 saturated carbocycles. The molecule has 0 aliphatic carbocycles. The molecule has 0 radical (unpaired) electrons. The van der Waals surface area contributed by atoms with E-state index in [4.69, 9.17) is 20.6 Å². The van der Waals surface area contributed by atoms with Gasteiger partial charge >= 0.3 is 0 Å². The molecule has 0 aliphatic heterocycles. The number of nitrogens with zero attached hydrogens (tertiary/aromatic N) is 1. The Hall–Kier alpha value is -0.670. The fourth-order valence-corrected chi connectivity index (χ4v) is 0.513. The topological polar surface area (TPSA) is 96.5 Å². The smallest absolute Gasteiger partial charge is 0.162 e. The molecule has 0 aliphatic rings. The third-order valence-electron chi connectivity index (χ3n) is 1.21.